The standard InChI is InChI=1S/C14H11NO4/c15-11-5-7-12(8-6-11)19-14(18)10-3-1-9(2-4-10)13(16)17/h1-8H,15H2,(H,16,17). The zero-order valence-corrected chi connectivity index (χ0v) is 9.87. The van der Waals surface area contributed by atoms with Gasteiger partial charge in [-0.2, -0.15) is 0 Å². The molecule has 0 aliphatic rings. The van der Waals surface area contributed by atoms with Gasteiger partial charge in [0, 0.05) is 5.69 Å². The van der Waals surface area contributed by atoms with Crippen LogP contribution in [0.4, 0.5) is 5.69 Å². The third-order valence-corrected chi connectivity index (χ3v) is 2.46. The fourth-order valence-corrected chi connectivity index (χ4v) is 1.45. The van der Waals surface area contributed by atoms with E-state index in [2.05, 4.69) is 0 Å². The summed E-state index contributed by atoms with van der Waals surface area (Å²) >= 11 is 0. The van der Waals surface area contributed by atoms with Crippen LogP contribution in [0.1, 0.15) is 20.7 Å². The van der Waals surface area contributed by atoms with Crippen LogP contribution >= 0.6 is 0 Å². The average molecular weight is 257 g/mol. The highest BCUT2D eigenvalue weighted by Crippen LogP contribution is 2.15. The molecule has 2 rings (SSSR count). The van der Waals surface area contributed by atoms with E-state index in [-0.39, 0.29) is 11.1 Å². The van der Waals surface area contributed by atoms with Gasteiger partial charge in [0.25, 0.3) is 0 Å². The molecule has 0 radical (unpaired) electrons. The maximum atomic E-state index is 11.8. The van der Waals surface area contributed by atoms with Crippen LogP contribution < -0.4 is 10.5 Å². The quantitative estimate of drug-likeness (QED) is 0.499. The average Bonchev–Trinajstić information content (AvgIpc) is 2.41. The highest BCUT2D eigenvalue weighted by Gasteiger charge is 2.10. The molecule has 0 aliphatic heterocycles. The normalized spacial score (nSPS) is 9.89. The number of nitrogens with two attached hydrogens (primary N) is 1. The van der Waals surface area contributed by atoms with Crippen molar-refractivity contribution in [3.8, 4) is 5.75 Å². The molecule has 0 saturated heterocycles. The fraction of sp³-hybridized carbons (Fsp3) is 0. The number of hydrogen-bond acceptors (Lipinski definition) is 4. The molecule has 0 spiro atoms. The predicted molar refractivity (Wildman–Crippen MR) is 69.2 cm³/mol. The molecule has 2 aromatic carbocycles. The number of nitrogen functional groups attached to an aromatic ring is 1. The fourth-order valence-electron chi connectivity index (χ4n) is 1.45. The maximum Gasteiger partial charge on any atom is 0.343 e. The lowest BCUT2D eigenvalue weighted by molar-refractivity contribution is 0.0691. The summed E-state index contributed by atoms with van der Waals surface area (Å²) in [5.41, 5.74) is 6.49. The first kappa shape index (κ1) is 12.6. The SMILES string of the molecule is Nc1ccc(OC(=O)c2ccc(C(=O)O)cc2)cc1. The molecule has 3 N–H and O–H groups in total. The summed E-state index contributed by atoms with van der Waals surface area (Å²) in [6.45, 7) is 0. The van der Waals surface area contributed by atoms with Gasteiger partial charge in [-0.25, -0.2) is 9.59 Å². The van der Waals surface area contributed by atoms with E-state index < -0.39 is 11.9 Å². The molecule has 19 heavy (non-hydrogen) atoms. The molecule has 0 aliphatic carbocycles. The van der Waals surface area contributed by atoms with E-state index in [0.717, 1.165) is 0 Å². The number of aromatic carboxylic acids is 1. The van der Waals surface area contributed by atoms with Crippen molar-refractivity contribution in [3.05, 3.63) is 59.7 Å². The number of esters is 1. The van der Waals surface area contributed by atoms with E-state index in [4.69, 9.17) is 15.6 Å². The van der Waals surface area contributed by atoms with Crippen molar-refractivity contribution >= 4 is 17.6 Å². The molecule has 5 heteroatoms. The summed E-state index contributed by atoms with van der Waals surface area (Å²) < 4.78 is 5.11. The Labute approximate surface area is 109 Å². The zero-order valence-electron chi connectivity index (χ0n) is 9.87. The van der Waals surface area contributed by atoms with Crippen LogP contribution in [-0.4, -0.2) is 17.0 Å². The summed E-state index contributed by atoms with van der Waals surface area (Å²) in [5.74, 6) is -1.22. The number of carbonyl (C=O) groups is 2. The van der Waals surface area contributed by atoms with Gasteiger partial charge in [0.05, 0.1) is 11.1 Å². The second-order valence-corrected chi connectivity index (χ2v) is 3.84. The van der Waals surface area contributed by atoms with Crippen LogP contribution in [0.2, 0.25) is 0 Å². The highest BCUT2D eigenvalue weighted by molar-refractivity contribution is 5.93. The molecule has 2 aromatic rings. The van der Waals surface area contributed by atoms with Crippen LogP contribution in [0.3, 0.4) is 0 Å². The van der Waals surface area contributed by atoms with Gasteiger partial charge in [0.15, 0.2) is 0 Å². The topological polar surface area (TPSA) is 89.6 Å². The number of benzene rings is 2. The van der Waals surface area contributed by atoms with Gasteiger partial charge in [-0.1, -0.05) is 0 Å². The lowest BCUT2D eigenvalue weighted by Gasteiger charge is -2.04. The van der Waals surface area contributed by atoms with Crippen molar-refractivity contribution in [2.75, 3.05) is 5.73 Å². The van der Waals surface area contributed by atoms with Gasteiger partial charge in [0.2, 0.25) is 0 Å². The first-order valence-corrected chi connectivity index (χ1v) is 5.47. The zero-order chi connectivity index (χ0) is 13.8. The Balaban J connectivity index is 2.11. The van der Waals surface area contributed by atoms with Crippen LogP contribution in [0.5, 0.6) is 5.75 Å². The molecule has 96 valence electrons. The predicted octanol–water partition coefficient (Wildman–Crippen LogP) is 2.19. The second-order valence-electron chi connectivity index (χ2n) is 3.84. The smallest absolute Gasteiger partial charge is 0.343 e. The monoisotopic (exact) mass is 257 g/mol. The molecule has 0 heterocycles. The van der Waals surface area contributed by atoms with E-state index in [1.807, 2.05) is 0 Å². The summed E-state index contributed by atoms with van der Waals surface area (Å²) in [6.07, 6.45) is 0. The molecule has 5 nitrogen and oxygen atoms in total. The van der Waals surface area contributed by atoms with Gasteiger partial charge in [-0.15, -0.1) is 0 Å². The number of rotatable bonds is 3. The molecule has 0 bridgehead atoms. The lowest BCUT2D eigenvalue weighted by Crippen LogP contribution is -2.09. The van der Waals surface area contributed by atoms with Gasteiger partial charge in [-0.05, 0) is 48.5 Å². The van der Waals surface area contributed by atoms with Crippen LogP contribution in [-0.2, 0) is 0 Å². The summed E-state index contributed by atoms with van der Waals surface area (Å²) in [6, 6.07) is 11.9. The minimum Gasteiger partial charge on any atom is -0.478 e. The van der Waals surface area contributed by atoms with Crippen LogP contribution in [0.25, 0.3) is 0 Å². The van der Waals surface area contributed by atoms with Crippen molar-refractivity contribution < 1.29 is 19.4 Å². The molecular weight excluding hydrogens is 246 g/mol. The third-order valence-electron chi connectivity index (χ3n) is 2.46. The van der Waals surface area contributed by atoms with E-state index in [9.17, 15) is 9.59 Å². The van der Waals surface area contributed by atoms with Gasteiger partial charge >= 0.3 is 11.9 Å². The molecule has 0 saturated carbocycles. The van der Waals surface area contributed by atoms with E-state index >= 15 is 0 Å². The Morgan fingerprint density at radius 3 is 1.95 bits per heavy atom. The molecule has 0 atom stereocenters. The first-order valence-electron chi connectivity index (χ1n) is 5.47. The lowest BCUT2D eigenvalue weighted by atomic mass is 10.1. The van der Waals surface area contributed by atoms with Gasteiger partial charge < -0.3 is 15.6 Å². The summed E-state index contributed by atoms with van der Waals surface area (Å²) in [4.78, 5) is 22.5. The van der Waals surface area contributed by atoms with Crippen molar-refractivity contribution in [3.63, 3.8) is 0 Å². The number of carbonyl (C=O) groups excluding carboxylic acids is 1. The minimum absolute atomic E-state index is 0.115. The van der Waals surface area contributed by atoms with Crippen LogP contribution in [0.15, 0.2) is 48.5 Å². The molecule has 0 fully saturated rings. The van der Waals surface area contributed by atoms with Crippen LogP contribution in [0, 0.1) is 0 Å². The van der Waals surface area contributed by atoms with Gasteiger partial charge in [0.1, 0.15) is 5.75 Å². The Morgan fingerprint density at radius 1 is 0.895 bits per heavy atom. The molecule has 0 unspecified atom stereocenters. The number of anilines is 1. The van der Waals surface area contributed by atoms with Crippen molar-refractivity contribution in [1.29, 1.82) is 0 Å². The third kappa shape index (κ3) is 3.10. The number of ether oxygens (including phenoxy) is 1. The maximum absolute atomic E-state index is 11.8. The Bertz CT molecular complexity index is 602. The Kier molecular flexibility index (Phi) is 3.47. The van der Waals surface area contributed by atoms with Crippen molar-refractivity contribution in [1.82, 2.24) is 0 Å². The number of carboxylic acids is 1. The summed E-state index contributed by atoms with van der Waals surface area (Å²) in [5, 5.41) is 8.75. The van der Waals surface area contributed by atoms with Crippen molar-refractivity contribution in [2.24, 2.45) is 0 Å². The van der Waals surface area contributed by atoms with Crippen molar-refractivity contribution in [2.45, 2.75) is 0 Å². The molecule has 0 amide bonds. The highest BCUT2D eigenvalue weighted by atomic mass is 16.5. The number of carboxylic acid groups (broad SMARTS) is 1. The van der Waals surface area contributed by atoms with E-state index in [1.165, 1.54) is 24.3 Å². The summed E-state index contributed by atoms with van der Waals surface area (Å²) in [7, 11) is 0. The van der Waals surface area contributed by atoms with E-state index in [0.29, 0.717) is 11.4 Å². The molecule has 0 aromatic heterocycles. The molecular formula is C14H11NO4. The second kappa shape index (κ2) is 5.22. The van der Waals surface area contributed by atoms with Gasteiger partial charge in [-0.3, -0.25) is 0 Å². The Morgan fingerprint density at radius 2 is 1.42 bits per heavy atom. The number of hydrogen-bond donors (Lipinski definition) is 2. The first-order chi connectivity index (χ1) is 9.06. The van der Waals surface area contributed by atoms with E-state index in [1.54, 1.807) is 24.3 Å². The minimum atomic E-state index is -1.04. The largest absolute Gasteiger partial charge is 0.478 e. The Hall–Kier alpha value is -2.82.